The Kier molecular flexibility index (Phi) is 6.23. The molecule has 0 aliphatic heterocycles. The Hall–Kier alpha value is -2.55. The third-order valence-electron chi connectivity index (χ3n) is 5.58. The molecule has 0 amide bonds. The summed E-state index contributed by atoms with van der Waals surface area (Å²) in [4.78, 5) is 12.5. The van der Waals surface area contributed by atoms with Crippen LogP contribution in [0.2, 0.25) is 0 Å². The van der Waals surface area contributed by atoms with E-state index in [1.54, 1.807) is 6.07 Å². The van der Waals surface area contributed by atoms with E-state index in [9.17, 15) is 9.90 Å². The SMILES string of the molecule is CCCCCCC(C)(C)c1cc(O)c2cc(Cc3ccccc3)c(=O)oc2c1. The Morgan fingerprint density at radius 1 is 1.00 bits per heavy atom. The minimum Gasteiger partial charge on any atom is -0.507 e. The number of hydrogen-bond donors (Lipinski definition) is 1. The van der Waals surface area contributed by atoms with Crippen LogP contribution in [0.15, 0.2) is 57.7 Å². The maximum absolute atomic E-state index is 12.5. The topological polar surface area (TPSA) is 50.4 Å². The maximum Gasteiger partial charge on any atom is 0.339 e. The Bertz CT molecular complexity index is 984. The summed E-state index contributed by atoms with van der Waals surface area (Å²) < 4.78 is 5.61. The molecule has 0 aliphatic carbocycles. The summed E-state index contributed by atoms with van der Waals surface area (Å²) in [5, 5.41) is 11.2. The molecule has 1 aromatic heterocycles. The molecule has 148 valence electrons. The second-order valence-electron chi connectivity index (χ2n) is 8.32. The molecule has 3 nitrogen and oxygen atoms in total. The molecule has 0 bridgehead atoms. The fraction of sp³-hybridized carbons (Fsp3) is 0.400. The molecular weight excluding hydrogens is 348 g/mol. The van der Waals surface area contributed by atoms with Crippen molar-refractivity contribution in [3.8, 4) is 5.75 Å². The van der Waals surface area contributed by atoms with E-state index in [1.165, 1.54) is 19.3 Å². The molecular formula is C25H30O3. The van der Waals surface area contributed by atoms with Crippen LogP contribution in [0.5, 0.6) is 5.75 Å². The molecule has 3 heteroatoms. The van der Waals surface area contributed by atoms with Gasteiger partial charge in [0, 0.05) is 12.0 Å². The first-order valence-corrected chi connectivity index (χ1v) is 10.2. The van der Waals surface area contributed by atoms with Crippen LogP contribution in [0.3, 0.4) is 0 Å². The monoisotopic (exact) mass is 378 g/mol. The number of aromatic hydroxyl groups is 1. The van der Waals surface area contributed by atoms with Crippen molar-refractivity contribution in [2.45, 2.75) is 64.7 Å². The smallest absolute Gasteiger partial charge is 0.339 e. The molecule has 0 saturated heterocycles. The third kappa shape index (κ3) is 4.64. The third-order valence-corrected chi connectivity index (χ3v) is 5.58. The zero-order chi connectivity index (χ0) is 20.1. The minimum absolute atomic E-state index is 0.0826. The van der Waals surface area contributed by atoms with Crippen molar-refractivity contribution in [3.63, 3.8) is 0 Å². The molecule has 0 radical (unpaired) electrons. The lowest BCUT2D eigenvalue weighted by Crippen LogP contribution is -2.17. The van der Waals surface area contributed by atoms with Crippen molar-refractivity contribution in [1.29, 1.82) is 0 Å². The van der Waals surface area contributed by atoms with Gasteiger partial charge in [0.15, 0.2) is 0 Å². The van der Waals surface area contributed by atoms with Crippen molar-refractivity contribution in [3.05, 3.63) is 75.6 Å². The molecule has 0 unspecified atom stereocenters. The van der Waals surface area contributed by atoms with E-state index >= 15 is 0 Å². The fourth-order valence-corrected chi connectivity index (χ4v) is 3.71. The van der Waals surface area contributed by atoms with Crippen LogP contribution in [0.4, 0.5) is 0 Å². The predicted octanol–water partition coefficient (Wildman–Crippen LogP) is 6.34. The number of rotatable bonds is 8. The normalized spacial score (nSPS) is 11.8. The van der Waals surface area contributed by atoms with Crippen molar-refractivity contribution < 1.29 is 9.52 Å². The summed E-state index contributed by atoms with van der Waals surface area (Å²) in [6.45, 7) is 6.57. The van der Waals surface area contributed by atoms with Crippen LogP contribution >= 0.6 is 0 Å². The van der Waals surface area contributed by atoms with Gasteiger partial charge in [-0.2, -0.15) is 0 Å². The second-order valence-corrected chi connectivity index (χ2v) is 8.32. The van der Waals surface area contributed by atoms with Gasteiger partial charge in [0.1, 0.15) is 11.3 Å². The summed E-state index contributed by atoms with van der Waals surface area (Å²) in [6, 6.07) is 15.3. The fourth-order valence-electron chi connectivity index (χ4n) is 3.71. The quantitative estimate of drug-likeness (QED) is 0.368. The average Bonchev–Trinajstić information content (AvgIpc) is 2.67. The molecule has 3 aromatic rings. The zero-order valence-electron chi connectivity index (χ0n) is 17.1. The van der Waals surface area contributed by atoms with E-state index in [4.69, 9.17) is 4.42 Å². The van der Waals surface area contributed by atoms with Gasteiger partial charge in [-0.15, -0.1) is 0 Å². The highest BCUT2D eigenvalue weighted by molar-refractivity contribution is 5.84. The first-order chi connectivity index (χ1) is 13.4. The van der Waals surface area contributed by atoms with E-state index in [0.29, 0.717) is 23.0 Å². The molecule has 1 N–H and O–H groups in total. The van der Waals surface area contributed by atoms with Gasteiger partial charge in [0.2, 0.25) is 0 Å². The lowest BCUT2D eigenvalue weighted by atomic mass is 9.79. The van der Waals surface area contributed by atoms with E-state index in [0.717, 1.165) is 24.0 Å². The second kappa shape index (κ2) is 8.64. The van der Waals surface area contributed by atoms with Gasteiger partial charge in [0.05, 0.1) is 5.39 Å². The van der Waals surface area contributed by atoms with Crippen LogP contribution in [0.1, 0.15) is 69.6 Å². The highest BCUT2D eigenvalue weighted by atomic mass is 16.4. The standard InChI is InChI=1S/C25H30O3/c1-4-5-6-10-13-25(2,3)20-16-22(26)21-15-19(24(27)28-23(21)17-20)14-18-11-8-7-9-12-18/h7-9,11-12,15-17,26H,4-6,10,13-14H2,1-3H3. The first-order valence-electron chi connectivity index (χ1n) is 10.2. The molecule has 0 atom stereocenters. The van der Waals surface area contributed by atoms with Crippen LogP contribution in [-0.4, -0.2) is 5.11 Å². The number of hydrogen-bond acceptors (Lipinski definition) is 3. The molecule has 0 saturated carbocycles. The first kappa shape index (κ1) is 20.2. The summed E-state index contributed by atoms with van der Waals surface area (Å²) in [7, 11) is 0. The molecule has 3 rings (SSSR count). The van der Waals surface area contributed by atoms with E-state index < -0.39 is 0 Å². The van der Waals surface area contributed by atoms with Crippen LogP contribution in [-0.2, 0) is 11.8 Å². The molecule has 0 fully saturated rings. The lowest BCUT2D eigenvalue weighted by molar-refractivity contribution is 0.437. The Morgan fingerprint density at radius 2 is 1.75 bits per heavy atom. The van der Waals surface area contributed by atoms with Gasteiger partial charge in [-0.1, -0.05) is 76.8 Å². The summed E-state index contributed by atoms with van der Waals surface area (Å²) in [5.74, 6) is 0.173. The maximum atomic E-state index is 12.5. The average molecular weight is 379 g/mol. The number of phenols is 1. The summed E-state index contributed by atoms with van der Waals surface area (Å²) in [6.07, 6.45) is 6.36. The highest BCUT2D eigenvalue weighted by Gasteiger charge is 2.22. The number of unbranched alkanes of at least 4 members (excludes halogenated alkanes) is 3. The van der Waals surface area contributed by atoms with Crippen molar-refractivity contribution >= 4 is 11.0 Å². The van der Waals surface area contributed by atoms with Gasteiger partial charge < -0.3 is 9.52 Å². The molecule has 0 aliphatic rings. The van der Waals surface area contributed by atoms with Gasteiger partial charge in [-0.25, -0.2) is 4.79 Å². The Balaban J connectivity index is 1.91. The van der Waals surface area contributed by atoms with Crippen LogP contribution < -0.4 is 5.63 Å². The molecule has 1 heterocycles. The largest absolute Gasteiger partial charge is 0.507 e. The van der Waals surface area contributed by atoms with Gasteiger partial charge in [-0.3, -0.25) is 0 Å². The minimum atomic E-state index is -0.339. The molecule has 2 aromatic carbocycles. The van der Waals surface area contributed by atoms with E-state index in [1.807, 2.05) is 42.5 Å². The van der Waals surface area contributed by atoms with Crippen molar-refractivity contribution in [2.24, 2.45) is 0 Å². The van der Waals surface area contributed by atoms with Crippen molar-refractivity contribution in [2.75, 3.05) is 0 Å². The van der Waals surface area contributed by atoms with Gasteiger partial charge >= 0.3 is 5.63 Å². The predicted molar refractivity (Wildman–Crippen MR) is 115 cm³/mol. The number of benzene rings is 2. The summed E-state index contributed by atoms with van der Waals surface area (Å²) >= 11 is 0. The van der Waals surface area contributed by atoms with Crippen molar-refractivity contribution in [1.82, 2.24) is 0 Å². The molecule has 28 heavy (non-hydrogen) atoms. The van der Waals surface area contributed by atoms with Crippen LogP contribution in [0, 0.1) is 0 Å². The molecule has 0 spiro atoms. The zero-order valence-corrected chi connectivity index (χ0v) is 17.1. The number of phenolic OH excluding ortho intramolecular Hbond substituents is 1. The van der Waals surface area contributed by atoms with Gasteiger partial charge in [-0.05, 0) is 41.2 Å². The van der Waals surface area contributed by atoms with Crippen LogP contribution in [0.25, 0.3) is 11.0 Å². The van der Waals surface area contributed by atoms with E-state index in [-0.39, 0.29) is 16.8 Å². The Labute approximate surface area is 167 Å². The number of fused-ring (bicyclic) bond motifs is 1. The van der Waals surface area contributed by atoms with E-state index in [2.05, 4.69) is 20.8 Å². The summed E-state index contributed by atoms with van der Waals surface area (Å²) in [5.41, 5.74) is 2.64. The van der Waals surface area contributed by atoms with Gasteiger partial charge in [0.25, 0.3) is 0 Å². The lowest BCUT2D eigenvalue weighted by Gasteiger charge is -2.26. The highest BCUT2D eigenvalue weighted by Crippen LogP contribution is 2.35. The Morgan fingerprint density at radius 3 is 2.46 bits per heavy atom.